The number of aromatic nitrogens is 2. The van der Waals surface area contributed by atoms with Gasteiger partial charge in [-0.1, -0.05) is 27.2 Å². The molecule has 0 bridgehead atoms. The van der Waals surface area contributed by atoms with Crippen molar-refractivity contribution in [1.82, 2.24) is 15.0 Å². The molecule has 8 heteroatoms. The summed E-state index contributed by atoms with van der Waals surface area (Å²) in [6.45, 7) is 2.31. The van der Waals surface area contributed by atoms with Gasteiger partial charge in [0.1, 0.15) is 0 Å². The van der Waals surface area contributed by atoms with Crippen LogP contribution in [0.4, 0.5) is 5.69 Å². The standard InChI is InChI=1S/C19H19BrN4O2S/c20-14-3-5-15(6-4-14)21-19(25)13-7-9-24(10-8-13)12-17-22-18(23-26-17)16-2-1-11-27-16/h1-6,11,13H,7-10,12H2,(H,21,25). The number of amides is 1. The summed E-state index contributed by atoms with van der Waals surface area (Å²) in [6, 6.07) is 11.6. The van der Waals surface area contributed by atoms with Gasteiger partial charge in [0.2, 0.25) is 17.6 Å². The highest BCUT2D eigenvalue weighted by atomic mass is 79.9. The molecule has 3 heterocycles. The molecule has 140 valence electrons. The van der Waals surface area contributed by atoms with Crippen molar-refractivity contribution in [2.24, 2.45) is 5.92 Å². The molecule has 1 aliphatic rings. The number of nitrogens with one attached hydrogen (secondary N) is 1. The minimum Gasteiger partial charge on any atom is -0.338 e. The number of hydrogen-bond acceptors (Lipinski definition) is 6. The molecule has 0 spiro atoms. The zero-order valence-electron chi connectivity index (χ0n) is 14.6. The third kappa shape index (κ3) is 4.63. The molecule has 1 fully saturated rings. The third-order valence-corrected chi connectivity index (χ3v) is 6.03. The summed E-state index contributed by atoms with van der Waals surface area (Å²) < 4.78 is 6.37. The molecule has 6 nitrogen and oxygen atoms in total. The highest BCUT2D eigenvalue weighted by molar-refractivity contribution is 9.10. The second kappa shape index (κ2) is 8.33. The monoisotopic (exact) mass is 446 g/mol. The van der Waals surface area contributed by atoms with Gasteiger partial charge in [0, 0.05) is 16.1 Å². The van der Waals surface area contributed by atoms with Crippen LogP contribution in [0.5, 0.6) is 0 Å². The van der Waals surface area contributed by atoms with E-state index in [0.29, 0.717) is 18.3 Å². The van der Waals surface area contributed by atoms with E-state index in [2.05, 4.69) is 36.3 Å². The average Bonchev–Trinajstić information content (AvgIpc) is 3.36. The molecule has 4 rings (SSSR count). The Balaban J connectivity index is 1.27. The summed E-state index contributed by atoms with van der Waals surface area (Å²) >= 11 is 4.99. The first kappa shape index (κ1) is 18.3. The van der Waals surface area contributed by atoms with Crippen LogP contribution in [0.3, 0.4) is 0 Å². The van der Waals surface area contributed by atoms with Crippen molar-refractivity contribution in [1.29, 1.82) is 0 Å². The van der Waals surface area contributed by atoms with E-state index < -0.39 is 0 Å². The lowest BCUT2D eigenvalue weighted by Crippen LogP contribution is -2.37. The van der Waals surface area contributed by atoms with Gasteiger partial charge in [-0.2, -0.15) is 4.98 Å². The summed E-state index contributed by atoms with van der Waals surface area (Å²) in [5.41, 5.74) is 0.831. The highest BCUT2D eigenvalue weighted by Gasteiger charge is 2.26. The number of anilines is 1. The predicted octanol–water partition coefficient (Wildman–Crippen LogP) is 4.41. The van der Waals surface area contributed by atoms with E-state index in [9.17, 15) is 4.79 Å². The van der Waals surface area contributed by atoms with Crippen molar-refractivity contribution in [2.75, 3.05) is 18.4 Å². The maximum Gasteiger partial charge on any atom is 0.241 e. The van der Waals surface area contributed by atoms with Gasteiger partial charge in [-0.05, 0) is 61.6 Å². The second-order valence-electron chi connectivity index (χ2n) is 6.54. The average molecular weight is 447 g/mol. The van der Waals surface area contributed by atoms with Crippen LogP contribution in [-0.2, 0) is 11.3 Å². The molecule has 1 aliphatic heterocycles. The van der Waals surface area contributed by atoms with Crippen LogP contribution < -0.4 is 5.32 Å². The molecule has 1 aromatic carbocycles. The summed E-state index contributed by atoms with van der Waals surface area (Å²) in [5, 5.41) is 9.05. The van der Waals surface area contributed by atoms with E-state index in [-0.39, 0.29) is 11.8 Å². The molecule has 1 amide bonds. The lowest BCUT2D eigenvalue weighted by atomic mass is 9.96. The van der Waals surface area contributed by atoms with Gasteiger partial charge in [0.25, 0.3) is 0 Å². The fraction of sp³-hybridized carbons (Fsp3) is 0.316. The maximum atomic E-state index is 12.5. The van der Waals surface area contributed by atoms with E-state index in [1.165, 1.54) is 0 Å². The van der Waals surface area contributed by atoms with Crippen molar-refractivity contribution < 1.29 is 9.32 Å². The van der Waals surface area contributed by atoms with E-state index in [1.807, 2.05) is 41.8 Å². The van der Waals surface area contributed by atoms with Crippen LogP contribution >= 0.6 is 27.3 Å². The van der Waals surface area contributed by atoms with Crippen molar-refractivity contribution in [3.63, 3.8) is 0 Å². The topological polar surface area (TPSA) is 71.3 Å². The largest absolute Gasteiger partial charge is 0.338 e. The van der Waals surface area contributed by atoms with Crippen LogP contribution in [0.15, 0.2) is 50.8 Å². The Morgan fingerprint density at radius 2 is 2.04 bits per heavy atom. The Hall–Kier alpha value is -2.03. The number of carbonyl (C=O) groups excluding carboxylic acids is 1. The first-order chi connectivity index (χ1) is 13.2. The number of hydrogen-bond donors (Lipinski definition) is 1. The summed E-state index contributed by atoms with van der Waals surface area (Å²) in [4.78, 5) is 20.2. The molecule has 27 heavy (non-hydrogen) atoms. The van der Waals surface area contributed by atoms with Crippen molar-refractivity contribution in [2.45, 2.75) is 19.4 Å². The molecule has 0 unspecified atom stereocenters. The fourth-order valence-electron chi connectivity index (χ4n) is 3.15. The highest BCUT2D eigenvalue weighted by Crippen LogP contribution is 2.24. The molecule has 0 radical (unpaired) electrons. The summed E-state index contributed by atoms with van der Waals surface area (Å²) in [7, 11) is 0. The Labute approximate surface area is 169 Å². The van der Waals surface area contributed by atoms with Gasteiger partial charge < -0.3 is 9.84 Å². The number of rotatable bonds is 5. The Kier molecular flexibility index (Phi) is 5.66. The van der Waals surface area contributed by atoms with Gasteiger partial charge >= 0.3 is 0 Å². The molecular formula is C19H19BrN4O2S. The normalized spacial score (nSPS) is 15.7. The molecular weight excluding hydrogens is 428 g/mol. The zero-order valence-corrected chi connectivity index (χ0v) is 17.0. The molecule has 0 saturated carbocycles. The predicted molar refractivity (Wildman–Crippen MR) is 108 cm³/mol. The molecule has 0 aliphatic carbocycles. The number of nitrogens with zero attached hydrogens (tertiary/aromatic N) is 3. The van der Waals surface area contributed by atoms with Crippen molar-refractivity contribution in [3.8, 4) is 10.7 Å². The first-order valence-corrected chi connectivity index (χ1v) is 10.5. The quantitative estimate of drug-likeness (QED) is 0.628. The number of piperidine rings is 1. The Morgan fingerprint density at radius 3 is 2.74 bits per heavy atom. The van der Waals surface area contributed by atoms with Gasteiger partial charge in [-0.3, -0.25) is 9.69 Å². The van der Waals surface area contributed by atoms with E-state index in [4.69, 9.17) is 4.52 Å². The smallest absolute Gasteiger partial charge is 0.241 e. The number of benzene rings is 1. The van der Waals surface area contributed by atoms with E-state index >= 15 is 0 Å². The Morgan fingerprint density at radius 1 is 1.26 bits per heavy atom. The molecule has 1 N–H and O–H groups in total. The second-order valence-corrected chi connectivity index (χ2v) is 8.40. The number of thiophene rings is 1. The third-order valence-electron chi connectivity index (χ3n) is 4.64. The fourth-order valence-corrected chi connectivity index (χ4v) is 4.06. The molecule has 2 aromatic heterocycles. The molecule has 1 saturated heterocycles. The summed E-state index contributed by atoms with van der Waals surface area (Å²) in [5.74, 6) is 1.39. The van der Waals surface area contributed by atoms with Crippen LogP contribution in [0, 0.1) is 5.92 Å². The van der Waals surface area contributed by atoms with Crippen molar-refractivity contribution in [3.05, 3.63) is 52.1 Å². The van der Waals surface area contributed by atoms with Gasteiger partial charge in [-0.15, -0.1) is 11.3 Å². The van der Waals surface area contributed by atoms with E-state index in [0.717, 1.165) is 41.0 Å². The van der Waals surface area contributed by atoms with Crippen LogP contribution in [0.1, 0.15) is 18.7 Å². The summed E-state index contributed by atoms with van der Waals surface area (Å²) in [6.07, 6.45) is 1.66. The zero-order chi connectivity index (χ0) is 18.6. The molecule has 3 aromatic rings. The number of carbonyl (C=O) groups is 1. The number of likely N-dealkylation sites (tertiary alicyclic amines) is 1. The first-order valence-electron chi connectivity index (χ1n) is 8.82. The van der Waals surface area contributed by atoms with Gasteiger partial charge in [-0.25, -0.2) is 0 Å². The maximum absolute atomic E-state index is 12.5. The van der Waals surface area contributed by atoms with Crippen LogP contribution in [0.25, 0.3) is 10.7 Å². The van der Waals surface area contributed by atoms with Gasteiger partial charge in [0.15, 0.2) is 0 Å². The van der Waals surface area contributed by atoms with Crippen LogP contribution in [0.2, 0.25) is 0 Å². The lowest BCUT2D eigenvalue weighted by Gasteiger charge is -2.30. The minimum atomic E-state index is 0.0364. The SMILES string of the molecule is O=C(Nc1ccc(Br)cc1)C1CCN(Cc2nc(-c3cccs3)no2)CC1. The number of halogens is 1. The van der Waals surface area contributed by atoms with Crippen molar-refractivity contribution >= 4 is 38.9 Å². The molecule has 0 atom stereocenters. The van der Waals surface area contributed by atoms with E-state index in [1.54, 1.807) is 11.3 Å². The lowest BCUT2D eigenvalue weighted by molar-refractivity contribution is -0.121. The van der Waals surface area contributed by atoms with Gasteiger partial charge in [0.05, 0.1) is 11.4 Å². The Bertz CT molecular complexity index is 887. The van der Waals surface area contributed by atoms with Crippen LogP contribution in [-0.4, -0.2) is 34.0 Å². The minimum absolute atomic E-state index is 0.0364.